The highest BCUT2D eigenvalue weighted by Gasteiger charge is 2.16. The molecule has 106 valence electrons. The molecule has 0 unspecified atom stereocenters. The van der Waals surface area contributed by atoms with Crippen LogP contribution in [0.5, 0.6) is 23.0 Å². The van der Waals surface area contributed by atoms with Gasteiger partial charge in [0.1, 0.15) is 5.75 Å². The zero-order chi connectivity index (χ0) is 15.1. The average Bonchev–Trinajstić information content (AvgIpc) is 2.47. The molecule has 0 aliphatic rings. The summed E-state index contributed by atoms with van der Waals surface area (Å²) in [5.41, 5.74) is -0.214. The number of phenolic OH excluding ortho intramolecular Hbond substituents is 4. The minimum Gasteiger partial charge on any atom is -0.508 e. The fraction of sp³-hybridized carbons (Fsp3) is 0. The third kappa shape index (κ3) is 2.02. The van der Waals surface area contributed by atoms with Crippen LogP contribution in [0.1, 0.15) is 0 Å². The van der Waals surface area contributed by atoms with Crippen LogP contribution in [0.15, 0.2) is 45.6 Å². The molecule has 6 heteroatoms. The maximum atomic E-state index is 12.0. The van der Waals surface area contributed by atoms with Crippen LogP contribution in [0.3, 0.4) is 0 Å². The van der Waals surface area contributed by atoms with Gasteiger partial charge in [-0.05, 0) is 29.8 Å². The first-order valence-corrected chi connectivity index (χ1v) is 5.98. The van der Waals surface area contributed by atoms with Crippen molar-refractivity contribution in [2.75, 3.05) is 0 Å². The summed E-state index contributed by atoms with van der Waals surface area (Å²) in [6.07, 6.45) is 0. The lowest BCUT2D eigenvalue weighted by molar-refractivity contribution is 0.365. The Morgan fingerprint density at radius 1 is 0.857 bits per heavy atom. The molecule has 0 spiro atoms. The molecule has 3 aromatic rings. The van der Waals surface area contributed by atoms with Gasteiger partial charge < -0.3 is 24.8 Å². The van der Waals surface area contributed by atoms with Crippen molar-refractivity contribution in [1.29, 1.82) is 0 Å². The van der Waals surface area contributed by atoms with E-state index >= 15 is 0 Å². The Morgan fingerprint density at radius 3 is 2.19 bits per heavy atom. The third-order valence-electron chi connectivity index (χ3n) is 3.13. The largest absolute Gasteiger partial charge is 0.508 e. The maximum Gasteiger partial charge on any atom is 0.344 e. The van der Waals surface area contributed by atoms with E-state index in [2.05, 4.69) is 0 Å². The highest BCUT2D eigenvalue weighted by Crippen LogP contribution is 2.41. The van der Waals surface area contributed by atoms with Crippen molar-refractivity contribution >= 4 is 11.0 Å². The molecular weight excluding hydrogens is 276 g/mol. The van der Waals surface area contributed by atoms with E-state index in [4.69, 9.17) is 4.42 Å². The van der Waals surface area contributed by atoms with Crippen LogP contribution in [0.2, 0.25) is 0 Å². The van der Waals surface area contributed by atoms with Gasteiger partial charge in [-0.2, -0.15) is 0 Å². The molecule has 2 aromatic carbocycles. The van der Waals surface area contributed by atoms with Gasteiger partial charge in [-0.1, -0.05) is 12.1 Å². The second-order valence-corrected chi connectivity index (χ2v) is 4.51. The summed E-state index contributed by atoms with van der Waals surface area (Å²) in [4.78, 5) is 12.0. The van der Waals surface area contributed by atoms with E-state index in [0.29, 0.717) is 5.56 Å². The normalized spacial score (nSPS) is 10.9. The molecular formula is C15H10O6. The molecule has 1 heterocycles. The second-order valence-electron chi connectivity index (χ2n) is 4.51. The molecule has 6 nitrogen and oxygen atoms in total. The zero-order valence-corrected chi connectivity index (χ0v) is 10.6. The molecule has 0 atom stereocenters. The summed E-state index contributed by atoms with van der Waals surface area (Å²) in [5.74, 6) is -1.91. The monoisotopic (exact) mass is 286 g/mol. The lowest BCUT2D eigenvalue weighted by Gasteiger charge is -2.06. The van der Waals surface area contributed by atoms with Crippen molar-refractivity contribution in [3.63, 3.8) is 0 Å². The Balaban J connectivity index is 2.31. The van der Waals surface area contributed by atoms with E-state index in [9.17, 15) is 25.2 Å². The van der Waals surface area contributed by atoms with Crippen molar-refractivity contribution < 1.29 is 24.8 Å². The number of aromatic hydroxyl groups is 4. The van der Waals surface area contributed by atoms with Gasteiger partial charge >= 0.3 is 5.63 Å². The first-order valence-electron chi connectivity index (χ1n) is 5.98. The van der Waals surface area contributed by atoms with Gasteiger partial charge in [0.25, 0.3) is 0 Å². The molecule has 0 radical (unpaired) electrons. The Labute approximate surface area is 117 Å². The molecule has 0 aliphatic heterocycles. The van der Waals surface area contributed by atoms with Crippen LogP contribution in [0.4, 0.5) is 0 Å². The zero-order valence-electron chi connectivity index (χ0n) is 10.6. The lowest BCUT2D eigenvalue weighted by Crippen LogP contribution is -2.02. The van der Waals surface area contributed by atoms with Crippen LogP contribution < -0.4 is 5.63 Å². The number of rotatable bonds is 1. The number of fused-ring (bicyclic) bond motifs is 1. The van der Waals surface area contributed by atoms with Crippen LogP contribution in [0, 0.1) is 0 Å². The van der Waals surface area contributed by atoms with E-state index < -0.39 is 22.9 Å². The molecule has 3 rings (SSSR count). The van der Waals surface area contributed by atoms with Crippen LogP contribution >= 0.6 is 0 Å². The fourth-order valence-corrected chi connectivity index (χ4v) is 2.07. The van der Waals surface area contributed by atoms with Crippen molar-refractivity contribution in [3.8, 4) is 34.1 Å². The van der Waals surface area contributed by atoms with Crippen LogP contribution in [-0.2, 0) is 0 Å². The van der Waals surface area contributed by atoms with Crippen molar-refractivity contribution in [3.05, 3.63) is 46.8 Å². The van der Waals surface area contributed by atoms with Gasteiger partial charge in [-0.25, -0.2) is 4.79 Å². The number of hydrogen-bond acceptors (Lipinski definition) is 6. The Hall–Kier alpha value is -3.15. The smallest absolute Gasteiger partial charge is 0.344 e. The Morgan fingerprint density at radius 2 is 1.52 bits per heavy atom. The predicted octanol–water partition coefficient (Wildman–Crippen LogP) is 2.28. The maximum absolute atomic E-state index is 12.0. The van der Waals surface area contributed by atoms with Gasteiger partial charge in [0, 0.05) is 5.39 Å². The average molecular weight is 286 g/mol. The molecule has 0 amide bonds. The van der Waals surface area contributed by atoms with Crippen molar-refractivity contribution in [2.24, 2.45) is 0 Å². The molecule has 0 fully saturated rings. The summed E-state index contributed by atoms with van der Waals surface area (Å²) in [7, 11) is 0. The van der Waals surface area contributed by atoms with Gasteiger partial charge in [0.2, 0.25) is 11.5 Å². The fourth-order valence-electron chi connectivity index (χ4n) is 2.07. The summed E-state index contributed by atoms with van der Waals surface area (Å²) in [6, 6.07) is 8.51. The van der Waals surface area contributed by atoms with Crippen LogP contribution in [-0.4, -0.2) is 20.4 Å². The Bertz CT molecular complexity index is 893. The number of phenols is 4. The molecule has 21 heavy (non-hydrogen) atoms. The topological polar surface area (TPSA) is 111 Å². The summed E-state index contributed by atoms with van der Waals surface area (Å²) < 4.78 is 5.00. The van der Waals surface area contributed by atoms with E-state index in [0.717, 1.165) is 0 Å². The van der Waals surface area contributed by atoms with E-state index in [1.54, 1.807) is 0 Å². The predicted molar refractivity (Wildman–Crippen MR) is 74.6 cm³/mol. The van der Waals surface area contributed by atoms with Gasteiger partial charge in [-0.3, -0.25) is 0 Å². The molecule has 0 saturated heterocycles. The number of benzene rings is 2. The standard InChI is InChI=1S/C15H10O6/c16-9-3-1-7(2-4-9)10-5-8-6-11(17)12(18)13(19)14(8)21-15(10)20/h1-6,16-19H. The van der Waals surface area contributed by atoms with Gasteiger partial charge in [-0.15, -0.1) is 0 Å². The summed E-state index contributed by atoms with van der Waals surface area (Å²) in [6.45, 7) is 0. The first kappa shape index (κ1) is 12.9. The first-order chi connectivity index (χ1) is 9.97. The molecule has 0 aliphatic carbocycles. The van der Waals surface area contributed by atoms with E-state index in [-0.39, 0.29) is 22.3 Å². The van der Waals surface area contributed by atoms with E-state index in [1.807, 2.05) is 0 Å². The van der Waals surface area contributed by atoms with Crippen molar-refractivity contribution in [1.82, 2.24) is 0 Å². The van der Waals surface area contributed by atoms with Crippen molar-refractivity contribution in [2.45, 2.75) is 0 Å². The summed E-state index contributed by atoms with van der Waals surface area (Å²) >= 11 is 0. The number of hydrogen-bond donors (Lipinski definition) is 4. The molecule has 0 bridgehead atoms. The highest BCUT2D eigenvalue weighted by atomic mass is 16.4. The van der Waals surface area contributed by atoms with Crippen LogP contribution in [0.25, 0.3) is 22.1 Å². The minimum atomic E-state index is -0.747. The quantitative estimate of drug-likeness (QED) is 0.403. The van der Waals surface area contributed by atoms with Gasteiger partial charge in [0.15, 0.2) is 11.3 Å². The Kier molecular flexibility index (Phi) is 2.72. The highest BCUT2D eigenvalue weighted by molar-refractivity contribution is 5.90. The molecule has 4 N–H and O–H groups in total. The van der Waals surface area contributed by atoms with E-state index in [1.165, 1.54) is 36.4 Å². The SMILES string of the molecule is O=c1oc2c(O)c(O)c(O)cc2cc1-c1ccc(O)cc1. The summed E-state index contributed by atoms with van der Waals surface area (Å²) in [5, 5.41) is 38.1. The molecule has 0 saturated carbocycles. The third-order valence-corrected chi connectivity index (χ3v) is 3.13. The molecule has 1 aromatic heterocycles. The van der Waals surface area contributed by atoms with Gasteiger partial charge in [0.05, 0.1) is 5.56 Å². The minimum absolute atomic E-state index is 0.0594. The lowest BCUT2D eigenvalue weighted by atomic mass is 10.1. The second kappa shape index (κ2) is 4.45.